The number of hydrogen-bond donors (Lipinski definition) is 5. The Morgan fingerprint density at radius 1 is 1.41 bits per heavy atom. The molecule has 1 saturated heterocycles. The number of fused-ring (bicyclic) bond motifs is 1. The van der Waals surface area contributed by atoms with Crippen molar-refractivity contribution in [3.8, 4) is 11.4 Å². The standard InChI is InChI=1S/C12H15N5O5/c13-8-4-1-2-15-10(4)17(11(16-8)9(14)21)12-7(20)6(19)5(3-18)22-12/h1-2,5-7,12,18-20H,3,13H2,(H2,14,21). The van der Waals surface area contributed by atoms with E-state index in [9.17, 15) is 15.0 Å². The van der Waals surface area contributed by atoms with Crippen molar-refractivity contribution in [3.63, 3.8) is 0 Å². The number of nitrogen functional groups attached to an aromatic ring is 1. The minimum absolute atomic E-state index is 0.0595. The van der Waals surface area contributed by atoms with Gasteiger partial charge in [-0.25, -0.2) is 9.97 Å². The molecule has 22 heavy (non-hydrogen) atoms. The zero-order chi connectivity index (χ0) is 16.0. The zero-order valence-electron chi connectivity index (χ0n) is 11.3. The number of amides is 1. The van der Waals surface area contributed by atoms with E-state index in [2.05, 4.69) is 9.97 Å². The van der Waals surface area contributed by atoms with E-state index in [0.29, 0.717) is 5.56 Å². The molecule has 10 nitrogen and oxygen atoms in total. The lowest BCUT2D eigenvalue weighted by molar-refractivity contribution is -0.0536. The van der Waals surface area contributed by atoms with E-state index in [1.165, 1.54) is 10.8 Å². The molecular weight excluding hydrogens is 294 g/mol. The SMILES string of the molecule is NC(=O)c1nc(N)c2ccnc-2n1C1OC(CO)C(O)C1O. The van der Waals surface area contributed by atoms with Crippen LogP contribution in [0.3, 0.4) is 0 Å². The van der Waals surface area contributed by atoms with Crippen LogP contribution in [0.1, 0.15) is 16.8 Å². The van der Waals surface area contributed by atoms with Crippen molar-refractivity contribution in [1.29, 1.82) is 0 Å². The Bertz CT molecular complexity index is 689. The average Bonchev–Trinajstić information content (AvgIpc) is 3.07. The molecule has 0 aliphatic carbocycles. The highest BCUT2D eigenvalue weighted by Crippen LogP contribution is 2.35. The molecule has 0 saturated carbocycles. The molecule has 0 radical (unpaired) electrons. The highest BCUT2D eigenvalue weighted by molar-refractivity contribution is 5.91. The summed E-state index contributed by atoms with van der Waals surface area (Å²) < 4.78 is 6.59. The fraction of sp³-hybridized carbons (Fsp3) is 0.417. The van der Waals surface area contributed by atoms with Gasteiger partial charge < -0.3 is 31.5 Å². The number of hydrogen-bond acceptors (Lipinski definition) is 8. The molecule has 0 spiro atoms. The highest BCUT2D eigenvalue weighted by Gasteiger charge is 2.45. The molecule has 3 aliphatic rings. The van der Waals surface area contributed by atoms with Gasteiger partial charge in [-0.2, -0.15) is 0 Å². The largest absolute Gasteiger partial charge is 0.394 e. The van der Waals surface area contributed by atoms with E-state index < -0.39 is 37.1 Å². The van der Waals surface area contributed by atoms with Gasteiger partial charge in [0.1, 0.15) is 30.0 Å². The van der Waals surface area contributed by atoms with Crippen LogP contribution in [0, 0.1) is 0 Å². The van der Waals surface area contributed by atoms with Gasteiger partial charge in [-0.3, -0.25) is 9.36 Å². The number of nitrogens with zero attached hydrogens (tertiary/aromatic N) is 3. The molecule has 1 fully saturated rings. The number of aliphatic hydroxyl groups is 3. The summed E-state index contributed by atoms with van der Waals surface area (Å²) in [6.45, 7) is -0.499. The molecule has 4 unspecified atom stereocenters. The summed E-state index contributed by atoms with van der Waals surface area (Å²) in [5.41, 5.74) is 11.5. The summed E-state index contributed by atoms with van der Waals surface area (Å²) in [5, 5.41) is 29.2. The number of aliphatic hydroxyl groups excluding tert-OH is 3. The van der Waals surface area contributed by atoms with E-state index in [0.717, 1.165) is 0 Å². The molecular formula is C12H15N5O5. The second kappa shape index (κ2) is 5.18. The molecule has 0 bridgehead atoms. The smallest absolute Gasteiger partial charge is 0.284 e. The third-order valence-corrected chi connectivity index (χ3v) is 3.63. The van der Waals surface area contributed by atoms with Gasteiger partial charge in [0.2, 0.25) is 5.82 Å². The Hall–Kier alpha value is -2.27. The third kappa shape index (κ3) is 2.01. The Kier molecular flexibility index (Phi) is 3.45. The van der Waals surface area contributed by atoms with E-state index in [1.54, 1.807) is 6.07 Å². The van der Waals surface area contributed by atoms with E-state index in [-0.39, 0.29) is 17.5 Å². The van der Waals surface area contributed by atoms with Gasteiger partial charge in [0.25, 0.3) is 5.91 Å². The third-order valence-electron chi connectivity index (χ3n) is 3.63. The van der Waals surface area contributed by atoms with Crippen molar-refractivity contribution in [2.24, 2.45) is 5.73 Å². The average molecular weight is 309 g/mol. The van der Waals surface area contributed by atoms with Gasteiger partial charge in [0, 0.05) is 6.20 Å². The number of carbonyl (C=O) groups is 1. The lowest BCUT2D eigenvalue weighted by Gasteiger charge is -2.23. The Morgan fingerprint density at radius 3 is 2.73 bits per heavy atom. The second-order valence-electron chi connectivity index (χ2n) is 4.97. The van der Waals surface area contributed by atoms with Crippen LogP contribution >= 0.6 is 0 Å². The number of anilines is 1. The van der Waals surface area contributed by atoms with Gasteiger partial charge in [0.15, 0.2) is 6.23 Å². The quantitative estimate of drug-likeness (QED) is 0.420. The molecule has 4 atom stereocenters. The number of ether oxygens (including phenoxy) is 1. The molecule has 3 aliphatic heterocycles. The fourth-order valence-electron chi connectivity index (χ4n) is 2.56. The first-order valence-corrected chi connectivity index (χ1v) is 6.50. The summed E-state index contributed by atoms with van der Waals surface area (Å²) >= 11 is 0. The maximum Gasteiger partial charge on any atom is 0.284 e. The Labute approximate surface area is 124 Å². The van der Waals surface area contributed by atoms with Crippen molar-refractivity contribution < 1.29 is 24.9 Å². The minimum atomic E-state index is -1.40. The number of nitrogens with two attached hydrogens (primary N) is 2. The van der Waals surface area contributed by atoms with Crippen LogP contribution in [0.2, 0.25) is 0 Å². The van der Waals surface area contributed by atoms with Crippen LogP contribution in [0.4, 0.5) is 5.82 Å². The van der Waals surface area contributed by atoms with Crippen molar-refractivity contribution in [2.75, 3.05) is 12.3 Å². The summed E-state index contributed by atoms with van der Waals surface area (Å²) in [5.74, 6) is -0.867. The first-order valence-electron chi connectivity index (χ1n) is 6.50. The lowest BCUT2D eigenvalue weighted by atomic mass is 10.1. The fourth-order valence-corrected chi connectivity index (χ4v) is 2.56. The molecule has 10 heteroatoms. The number of carbonyl (C=O) groups excluding carboxylic acids is 1. The molecule has 7 N–H and O–H groups in total. The van der Waals surface area contributed by atoms with Crippen molar-refractivity contribution in [3.05, 3.63) is 18.1 Å². The minimum Gasteiger partial charge on any atom is -0.394 e. The number of primary amides is 1. The summed E-state index contributed by atoms with van der Waals surface area (Å²) in [6, 6.07) is 1.58. The van der Waals surface area contributed by atoms with Crippen LogP contribution in [-0.4, -0.2) is 60.7 Å². The molecule has 3 rings (SSSR count). The predicted molar refractivity (Wildman–Crippen MR) is 72.6 cm³/mol. The van der Waals surface area contributed by atoms with Gasteiger partial charge >= 0.3 is 0 Å². The molecule has 0 aromatic heterocycles. The van der Waals surface area contributed by atoms with Gasteiger partial charge in [-0.05, 0) is 6.07 Å². The molecule has 1 amide bonds. The summed E-state index contributed by atoms with van der Waals surface area (Å²) in [6.07, 6.45) is -3.46. The van der Waals surface area contributed by atoms with Gasteiger partial charge in [-0.15, -0.1) is 0 Å². The van der Waals surface area contributed by atoms with Crippen LogP contribution in [0.25, 0.3) is 11.4 Å². The topological polar surface area (TPSA) is 170 Å². The van der Waals surface area contributed by atoms with Crippen molar-refractivity contribution in [2.45, 2.75) is 24.5 Å². The Balaban J connectivity index is 2.18. The molecule has 0 aromatic rings. The highest BCUT2D eigenvalue weighted by atomic mass is 16.6. The molecule has 3 heterocycles. The van der Waals surface area contributed by atoms with Crippen molar-refractivity contribution >= 4 is 11.7 Å². The maximum absolute atomic E-state index is 11.6. The normalized spacial score (nSPS) is 28.3. The summed E-state index contributed by atoms with van der Waals surface area (Å²) in [4.78, 5) is 19.6. The first-order chi connectivity index (χ1) is 10.5. The lowest BCUT2D eigenvalue weighted by Crippen LogP contribution is -2.35. The monoisotopic (exact) mass is 309 g/mol. The van der Waals surface area contributed by atoms with E-state index in [4.69, 9.17) is 21.3 Å². The van der Waals surface area contributed by atoms with Gasteiger partial charge in [-0.1, -0.05) is 0 Å². The molecule has 118 valence electrons. The van der Waals surface area contributed by atoms with E-state index >= 15 is 0 Å². The van der Waals surface area contributed by atoms with E-state index in [1.807, 2.05) is 0 Å². The van der Waals surface area contributed by atoms with Crippen LogP contribution in [0.15, 0.2) is 12.3 Å². The van der Waals surface area contributed by atoms with Crippen molar-refractivity contribution in [1.82, 2.24) is 14.5 Å². The van der Waals surface area contributed by atoms with Crippen LogP contribution in [0.5, 0.6) is 0 Å². The zero-order valence-corrected chi connectivity index (χ0v) is 11.3. The molecule has 0 aromatic carbocycles. The number of rotatable bonds is 3. The first kappa shape index (κ1) is 14.7. The summed E-state index contributed by atoms with van der Waals surface area (Å²) in [7, 11) is 0. The number of aromatic nitrogens is 3. The maximum atomic E-state index is 11.6. The predicted octanol–water partition coefficient (Wildman–Crippen LogP) is -2.32. The van der Waals surface area contributed by atoms with Gasteiger partial charge in [0.05, 0.1) is 12.2 Å². The van der Waals surface area contributed by atoms with Crippen LogP contribution < -0.4 is 11.5 Å². The van der Waals surface area contributed by atoms with Crippen LogP contribution in [-0.2, 0) is 4.74 Å². The Morgan fingerprint density at radius 2 is 2.14 bits per heavy atom. The second-order valence-corrected chi connectivity index (χ2v) is 4.97.